The SMILES string of the molecule is C=CCN(CC(=O)OCC)S(=O)(=O)NCCOC. The van der Waals surface area contributed by atoms with Gasteiger partial charge in [0, 0.05) is 20.2 Å². The Labute approximate surface area is 108 Å². The summed E-state index contributed by atoms with van der Waals surface area (Å²) in [5, 5.41) is 0. The van der Waals surface area contributed by atoms with Gasteiger partial charge >= 0.3 is 5.97 Å². The third-order valence-corrected chi connectivity index (χ3v) is 3.40. The van der Waals surface area contributed by atoms with Gasteiger partial charge in [0.2, 0.25) is 0 Å². The van der Waals surface area contributed by atoms with E-state index in [1.807, 2.05) is 0 Å². The van der Waals surface area contributed by atoms with Gasteiger partial charge in [-0.3, -0.25) is 4.79 Å². The Hall–Kier alpha value is -0.960. The van der Waals surface area contributed by atoms with Crippen molar-refractivity contribution < 1.29 is 22.7 Å². The normalized spacial score (nSPS) is 11.5. The standard InChI is InChI=1S/C10H20N2O5S/c1-4-7-12(9-10(13)17-5-2)18(14,15)11-6-8-16-3/h4,11H,1,5-9H2,2-3H3. The minimum atomic E-state index is -3.74. The maximum Gasteiger partial charge on any atom is 0.321 e. The van der Waals surface area contributed by atoms with Gasteiger partial charge in [-0.05, 0) is 6.92 Å². The first-order valence-electron chi connectivity index (χ1n) is 5.48. The molecule has 0 amide bonds. The fourth-order valence-electron chi connectivity index (χ4n) is 1.11. The van der Waals surface area contributed by atoms with Gasteiger partial charge in [-0.25, -0.2) is 0 Å². The molecule has 0 radical (unpaired) electrons. The molecule has 18 heavy (non-hydrogen) atoms. The summed E-state index contributed by atoms with van der Waals surface area (Å²) in [4.78, 5) is 11.3. The maximum atomic E-state index is 11.8. The van der Waals surface area contributed by atoms with E-state index in [1.54, 1.807) is 6.92 Å². The van der Waals surface area contributed by atoms with Gasteiger partial charge < -0.3 is 9.47 Å². The molecule has 0 atom stereocenters. The minimum absolute atomic E-state index is 0.0289. The molecule has 0 saturated carbocycles. The predicted molar refractivity (Wildman–Crippen MR) is 67.2 cm³/mol. The van der Waals surface area contributed by atoms with Crippen LogP contribution in [0.15, 0.2) is 12.7 Å². The van der Waals surface area contributed by atoms with Crippen molar-refractivity contribution in [3.8, 4) is 0 Å². The number of hydrogen-bond acceptors (Lipinski definition) is 5. The van der Waals surface area contributed by atoms with Crippen LogP contribution in [0.2, 0.25) is 0 Å². The van der Waals surface area contributed by atoms with E-state index in [9.17, 15) is 13.2 Å². The number of carbonyl (C=O) groups excluding carboxylic acids is 1. The average molecular weight is 280 g/mol. The monoisotopic (exact) mass is 280 g/mol. The van der Waals surface area contributed by atoms with E-state index < -0.39 is 16.2 Å². The fraction of sp³-hybridized carbons (Fsp3) is 0.700. The van der Waals surface area contributed by atoms with Gasteiger partial charge in [0.1, 0.15) is 6.54 Å². The quantitative estimate of drug-likeness (QED) is 0.332. The van der Waals surface area contributed by atoms with Gasteiger partial charge in [-0.15, -0.1) is 6.58 Å². The lowest BCUT2D eigenvalue weighted by molar-refractivity contribution is -0.143. The van der Waals surface area contributed by atoms with E-state index >= 15 is 0 Å². The summed E-state index contributed by atoms with van der Waals surface area (Å²) < 4.78 is 36.4. The summed E-state index contributed by atoms with van der Waals surface area (Å²) >= 11 is 0. The number of esters is 1. The van der Waals surface area contributed by atoms with Crippen LogP contribution in [0, 0.1) is 0 Å². The molecule has 8 heteroatoms. The highest BCUT2D eigenvalue weighted by Crippen LogP contribution is 1.99. The van der Waals surface area contributed by atoms with Crippen LogP contribution in [0.25, 0.3) is 0 Å². The first-order chi connectivity index (χ1) is 8.47. The van der Waals surface area contributed by atoms with E-state index in [0.717, 1.165) is 4.31 Å². The molecule has 0 aliphatic carbocycles. The molecule has 0 saturated heterocycles. The van der Waals surface area contributed by atoms with E-state index in [-0.39, 0.29) is 32.8 Å². The molecule has 0 aliphatic rings. The first kappa shape index (κ1) is 17.0. The molecule has 7 nitrogen and oxygen atoms in total. The zero-order valence-corrected chi connectivity index (χ0v) is 11.5. The lowest BCUT2D eigenvalue weighted by atomic mass is 10.5. The van der Waals surface area contributed by atoms with E-state index in [1.165, 1.54) is 13.2 Å². The van der Waals surface area contributed by atoms with Crippen molar-refractivity contribution in [2.45, 2.75) is 6.92 Å². The predicted octanol–water partition coefficient (Wildman–Crippen LogP) is -0.482. The number of hydrogen-bond donors (Lipinski definition) is 1. The molecule has 0 spiro atoms. The van der Waals surface area contributed by atoms with Crippen molar-refractivity contribution in [1.29, 1.82) is 0 Å². The van der Waals surface area contributed by atoms with Crippen LogP contribution < -0.4 is 4.72 Å². The molecule has 0 unspecified atom stereocenters. The largest absolute Gasteiger partial charge is 0.465 e. The van der Waals surface area contributed by atoms with Crippen LogP contribution in [0.4, 0.5) is 0 Å². The van der Waals surface area contributed by atoms with Gasteiger partial charge in [0.25, 0.3) is 10.2 Å². The Kier molecular flexibility index (Phi) is 8.55. The highest BCUT2D eigenvalue weighted by atomic mass is 32.2. The van der Waals surface area contributed by atoms with Crippen LogP contribution in [-0.4, -0.2) is 58.7 Å². The van der Waals surface area contributed by atoms with Crippen molar-refractivity contribution in [3.63, 3.8) is 0 Å². The third kappa shape index (κ3) is 6.70. The van der Waals surface area contributed by atoms with Gasteiger partial charge in [0.05, 0.1) is 13.2 Å². The molecule has 106 valence electrons. The Morgan fingerprint density at radius 3 is 2.67 bits per heavy atom. The second kappa shape index (κ2) is 9.03. The summed E-state index contributed by atoms with van der Waals surface area (Å²) in [6.45, 7) is 5.38. The Balaban J connectivity index is 4.55. The molecule has 0 fully saturated rings. The summed E-state index contributed by atoms with van der Waals surface area (Å²) in [7, 11) is -2.27. The molecule has 0 bridgehead atoms. The molecular formula is C10H20N2O5S. The summed E-state index contributed by atoms with van der Waals surface area (Å²) in [6.07, 6.45) is 1.40. The van der Waals surface area contributed by atoms with Crippen molar-refractivity contribution in [2.75, 3.05) is 40.0 Å². The van der Waals surface area contributed by atoms with E-state index in [0.29, 0.717) is 0 Å². The highest BCUT2D eigenvalue weighted by Gasteiger charge is 2.23. The Bertz CT molecular complexity index is 355. The second-order valence-corrected chi connectivity index (χ2v) is 5.03. The molecule has 0 aliphatic heterocycles. The number of carbonyl (C=O) groups is 1. The molecule has 1 N–H and O–H groups in total. The number of rotatable bonds is 10. The first-order valence-corrected chi connectivity index (χ1v) is 6.92. The minimum Gasteiger partial charge on any atom is -0.465 e. The second-order valence-electron chi connectivity index (χ2n) is 3.28. The van der Waals surface area contributed by atoms with Crippen LogP contribution in [0.3, 0.4) is 0 Å². The number of ether oxygens (including phenoxy) is 2. The molecular weight excluding hydrogens is 260 g/mol. The van der Waals surface area contributed by atoms with Gasteiger partial charge in [-0.1, -0.05) is 6.08 Å². The van der Waals surface area contributed by atoms with Crippen LogP contribution >= 0.6 is 0 Å². The summed E-state index contributed by atoms with van der Waals surface area (Å²) in [5.74, 6) is -0.600. The van der Waals surface area contributed by atoms with Crippen LogP contribution in [0.5, 0.6) is 0 Å². The maximum absolute atomic E-state index is 11.8. The number of nitrogens with one attached hydrogen (secondary N) is 1. The molecule has 0 aromatic heterocycles. The molecule has 0 heterocycles. The van der Waals surface area contributed by atoms with Crippen molar-refractivity contribution in [2.24, 2.45) is 0 Å². The van der Waals surface area contributed by atoms with Crippen molar-refractivity contribution >= 4 is 16.2 Å². The highest BCUT2D eigenvalue weighted by molar-refractivity contribution is 7.87. The van der Waals surface area contributed by atoms with Crippen molar-refractivity contribution in [3.05, 3.63) is 12.7 Å². The lowest BCUT2D eigenvalue weighted by Crippen LogP contribution is -2.44. The van der Waals surface area contributed by atoms with E-state index in [4.69, 9.17) is 9.47 Å². The Morgan fingerprint density at radius 2 is 2.17 bits per heavy atom. The summed E-state index contributed by atoms with van der Waals surface area (Å²) in [5.41, 5.74) is 0. The third-order valence-electron chi connectivity index (χ3n) is 1.87. The van der Waals surface area contributed by atoms with Gasteiger partial charge in [0.15, 0.2) is 0 Å². The molecule has 0 aromatic carbocycles. The van der Waals surface area contributed by atoms with Gasteiger partial charge in [-0.2, -0.15) is 17.4 Å². The number of nitrogens with zero attached hydrogens (tertiary/aromatic N) is 1. The molecule has 0 rings (SSSR count). The molecule has 0 aromatic rings. The smallest absolute Gasteiger partial charge is 0.321 e. The lowest BCUT2D eigenvalue weighted by Gasteiger charge is -2.19. The zero-order chi connectivity index (χ0) is 14.0. The van der Waals surface area contributed by atoms with E-state index in [2.05, 4.69) is 11.3 Å². The number of methoxy groups -OCH3 is 1. The van der Waals surface area contributed by atoms with Crippen LogP contribution in [0.1, 0.15) is 6.92 Å². The topological polar surface area (TPSA) is 84.9 Å². The van der Waals surface area contributed by atoms with Crippen molar-refractivity contribution in [1.82, 2.24) is 9.03 Å². The average Bonchev–Trinajstić information content (AvgIpc) is 2.29. The van der Waals surface area contributed by atoms with Crippen LogP contribution in [-0.2, 0) is 24.5 Å². The summed E-state index contributed by atoms with van der Waals surface area (Å²) in [6, 6.07) is 0. The zero-order valence-electron chi connectivity index (χ0n) is 10.7. The Morgan fingerprint density at radius 1 is 1.50 bits per heavy atom. The fourth-order valence-corrected chi connectivity index (χ4v) is 2.21.